The molecule has 2 aliphatic rings. The fourth-order valence-electron chi connectivity index (χ4n) is 3.44. The van der Waals surface area contributed by atoms with Crippen LogP contribution in [-0.4, -0.2) is 58.1 Å². The zero-order valence-electron chi connectivity index (χ0n) is 13.4. The van der Waals surface area contributed by atoms with E-state index in [1.807, 2.05) is 4.90 Å². The Bertz CT molecular complexity index is 514. The van der Waals surface area contributed by atoms with Gasteiger partial charge in [0.05, 0.1) is 0 Å². The highest BCUT2D eigenvalue weighted by molar-refractivity contribution is 5.94. The van der Waals surface area contributed by atoms with E-state index < -0.39 is 0 Å². The molecule has 21 heavy (non-hydrogen) atoms. The minimum absolute atomic E-state index is 0.116. The van der Waals surface area contributed by atoms with Gasteiger partial charge in [-0.2, -0.15) is 5.10 Å². The Morgan fingerprint density at radius 2 is 2.00 bits per heavy atom. The quantitative estimate of drug-likeness (QED) is 0.902. The molecule has 0 unspecified atom stereocenters. The van der Waals surface area contributed by atoms with Gasteiger partial charge < -0.3 is 4.90 Å². The van der Waals surface area contributed by atoms with Crippen LogP contribution in [-0.2, 0) is 12.8 Å². The van der Waals surface area contributed by atoms with Gasteiger partial charge in [-0.15, -0.1) is 0 Å². The lowest BCUT2D eigenvalue weighted by molar-refractivity contribution is 0.0588. The van der Waals surface area contributed by atoms with Gasteiger partial charge >= 0.3 is 0 Å². The van der Waals surface area contributed by atoms with Crippen LogP contribution in [0.3, 0.4) is 0 Å². The van der Waals surface area contributed by atoms with Crippen LogP contribution >= 0.6 is 0 Å². The Morgan fingerprint density at radius 1 is 1.29 bits per heavy atom. The SMILES string of the molecule is CC(C)N1CCN(C(=O)c2n[nH]c3c2C[C@H](C)CC3)CC1. The topological polar surface area (TPSA) is 52.2 Å². The third kappa shape index (κ3) is 2.84. The second-order valence-corrected chi connectivity index (χ2v) is 6.80. The number of H-pyrrole nitrogens is 1. The Balaban J connectivity index is 1.71. The summed E-state index contributed by atoms with van der Waals surface area (Å²) in [6.07, 6.45) is 3.20. The molecule has 1 aromatic rings. The molecule has 1 amide bonds. The molecule has 0 aromatic carbocycles. The predicted molar refractivity (Wildman–Crippen MR) is 82.4 cm³/mol. The summed E-state index contributed by atoms with van der Waals surface area (Å²) in [5.74, 6) is 0.768. The zero-order valence-corrected chi connectivity index (χ0v) is 13.4. The summed E-state index contributed by atoms with van der Waals surface area (Å²) in [6.45, 7) is 10.2. The van der Waals surface area contributed by atoms with Gasteiger partial charge in [0.15, 0.2) is 5.69 Å². The number of aryl methyl sites for hydroxylation is 1. The molecule has 0 saturated carbocycles. The summed E-state index contributed by atoms with van der Waals surface area (Å²) in [5, 5.41) is 7.42. The lowest BCUT2D eigenvalue weighted by Gasteiger charge is -2.36. The summed E-state index contributed by atoms with van der Waals surface area (Å²) in [7, 11) is 0. The first-order valence-corrected chi connectivity index (χ1v) is 8.15. The minimum Gasteiger partial charge on any atom is -0.335 e. The summed E-state index contributed by atoms with van der Waals surface area (Å²) in [6, 6.07) is 0.557. The molecule has 2 heterocycles. The number of hydrogen-bond donors (Lipinski definition) is 1. The van der Waals surface area contributed by atoms with Crippen LogP contribution in [0.15, 0.2) is 0 Å². The van der Waals surface area contributed by atoms with Crippen molar-refractivity contribution in [2.75, 3.05) is 26.2 Å². The van der Waals surface area contributed by atoms with Crippen LogP contribution < -0.4 is 0 Å². The Labute approximate surface area is 126 Å². The van der Waals surface area contributed by atoms with Gasteiger partial charge in [-0.1, -0.05) is 6.92 Å². The van der Waals surface area contributed by atoms with E-state index in [0.717, 1.165) is 39.0 Å². The molecule has 116 valence electrons. The van der Waals surface area contributed by atoms with E-state index in [4.69, 9.17) is 0 Å². The van der Waals surface area contributed by atoms with Crippen molar-refractivity contribution in [2.45, 2.75) is 46.1 Å². The maximum absolute atomic E-state index is 12.7. The highest BCUT2D eigenvalue weighted by atomic mass is 16.2. The normalized spacial score (nSPS) is 23.4. The third-order valence-electron chi connectivity index (χ3n) is 4.93. The number of amides is 1. The number of rotatable bonds is 2. The molecule has 1 saturated heterocycles. The van der Waals surface area contributed by atoms with Gasteiger partial charge in [-0.25, -0.2) is 0 Å². The standard InChI is InChI=1S/C16H26N4O/c1-11(2)19-6-8-20(9-7-19)16(21)15-13-10-12(3)4-5-14(13)17-18-15/h11-12H,4-10H2,1-3H3,(H,17,18)/t12-/m1/s1. The third-order valence-corrected chi connectivity index (χ3v) is 4.93. The second kappa shape index (κ2) is 5.79. The molecule has 1 aromatic heterocycles. The van der Waals surface area contributed by atoms with Gasteiger partial charge in [0.2, 0.25) is 0 Å². The van der Waals surface area contributed by atoms with Crippen molar-refractivity contribution in [2.24, 2.45) is 5.92 Å². The predicted octanol–water partition coefficient (Wildman–Crippen LogP) is 1.70. The zero-order chi connectivity index (χ0) is 15.0. The van der Waals surface area contributed by atoms with Gasteiger partial charge in [0.25, 0.3) is 5.91 Å². The number of carbonyl (C=O) groups is 1. The van der Waals surface area contributed by atoms with E-state index in [1.54, 1.807) is 0 Å². The fourth-order valence-corrected chi connectivity index (χ4v) is 3.44. The minimum atomic E-state index is 0.116. The van der Waals surface area contributed by atoms with Crippen LogP contribution in [0.1, 0.15) is 48.9 Å². The molecule has 0 spiro atoms. The molecular weight excluding hydrogens is 264 g/mol. The molecule has 1 atom stereocenters. The van der Waals surface area contributed by atoms with Gasteiger partial charge in [0, 0.05) is 43.5 Å². The van der Waals surface area contributed by atoms with Crippen LogP contribution in [0.4, 0.5) is 0 Å². The van der Waals surface area contributed by atoms with Crippen molar-refractivity contribution in [3.63, 3.8) is 0 Å². The van der Waals surface area contributed by atoms with Crippen molar-refractivity contribution in [1.82, 2.24) is 20.0 Å². The molecule has 1 aliphatic heterocycles. The second-order valence-electron chi connectivity index (χ2n) is 6.80. The van der Waals surface area contributed by atoms with Crippen LogP contribution in [0, 0.1) is 5.92 Å². The van der Waals surface area contributed by atoms with Crippen LogP contribution in [0.5, 0.6) is 0 Å². The number of aromatic nitrogens is 2. The van der Waals surface area contributed by atoms with Crippen molar-refractivity contribution in [3.8, 4) is 0 Å². The first-order chi connectivity index (χ1) is 10.1. The molecule has 1 fully saturated rings. The summed E-state index contributed by atoms with van der Waals surface area (Å²) in [5.41, 5.74) is 3.02. The average Bonchev–Trinajstić information content (AvgIpc) is 2.89. The largest absolute Gasteiger partial charge is 0.335 e. The lowest BCUT2D eigenvalue weighted by atomic mass is 9.87. The number of aromatic amines is 1. The van der Waals surface area contributed by atoms with Crippen molar-refractivity contribution >= 4 is 5.91 Å². The summed E-state index contributed by atoms with van der Waals surface area (Å²) < 4.78 is 0. The molecule has 1 N–H and O–H groups in total. The molecule has 1 aliphatic carbocycles. The molecule has 5 nitrogen and oxygen atoms in total. The number of nitrogens with one attached hydrogen (secondary N) is 1. The van der Waals surface area contributed by atoms with Crippen LogP contribution in [0.2, 0.25) is 0 Å². The molecule has 3 rings (SSSR count). The lowest BCUT2D eigenvalue weighted by Crippen LogP contribution is -2.50. The van der Waals surface area contributed by atoms with E-state index in [0.29, 0.717) is 17.7 Å². The van der Waals surface area contributed by atoms with E-state index in [9.17, 15) is 4.79 Å². The van der Waals surface area contributed by atoms with E-state index in [1.165, 1.54) is 17.7 Å². The van der Waals surface area contributed by atoms with Crippen molar-refractivity contribution in [3.05, 3.63) is 17.0 Å². The smallest absolute Gasteiger partial charge is 0.274 e. The van der Waals surface area contributed by atoms with Crippen molar-refractivity contribution < 1.29 is 4.79 Å². The van der Waals surface area contributed by atoms with Gasteiger partial charge in [-0.3, -0.25) is 14.8 Å². The molecule has 0 radical (unpaired) electrons. The number of hydrogen-bond acceptors (Lipinski definition) is 3. The van der Waals surface area contributed by atoms with Gasteiger partial charge in [0.1, 0.15) is 0 Å². The van der Waals surface area contributed by atoms with E-state index in [2.05, 4.69) is 35.9 Å². The first-order valence-electron chi connectivity index (χ1n) is 8.15. The average molecular weight is 290 g/mol. The Morgan fingerprint density at radius 3 is 2.67 bits per heavy atom. The monoisotopic (exact) mass is 290 g/mol. The highest BCUT2D eigenvalue weighted by Crippen LogP contribution is 2.27. The number of carbonyl (C=O) groups excluding carboxylic acids is 1. The molecule has 0 bridgehead atoms. The highest BCUT2D eigenvalue weighted by Gasteiger charge is 2.29. The van der Waals surface area contributed by atoms with Crippen molar-refractivity contribution in [1.29, 1.82) is 0 Å². The molecule has 5 heteroatoms. The maximum Gasteiger partial charge on any atom is 0.274 e. The van der Waals surface area contributed by atoms with E-state index in [-0.39, 0.29) is 5.91 Å². The summed E-state index contributed by atoms with van der Waals surface area (Å²) >= 11 is 0. The summed E-state index contributed by atoms with van der Waals surface area (Å²) in [4.78, 5) is 17.1. The van der Waals surface area contributed by atoms with E-state index >= 15 is 0 Å². The van der Waals surface area contributed by atoms with Gasteiger partial charge in [-0.05, 0) is 39.0 Å². The fraction of sp³-hybridized carbons (Fsp3) is 0.750. The first kappa shape index (κ1) is 14.6. The number of fused-ring (bicyclic) bond motifs is 1. The Kier molecular flexibility index (Phi) is 4.02. The van der Waals surface area contributed by atoms with Crippen LogP contribution in [0.25, 0.3) is 0 Å². The number of nitrogens with zero attached hydrogens (tertiary/aromatic N) is 3. The molecular formula is C16H26N4O. The Hall–Kier alpha value is -1.36. The number of piperazine rings is 1. The maximum atomic E-state index is 12.7.